The van der Waals surface area contributed by atoms with Crippen LogP contribution in [0.25, 0.3) is 11.0 Å². The third kappa shape index (κ3) is 6.72. The molecule has 4 aromatic rings. The second-order valence-corrected chi connectivity index (χ2v) is 9.55. The summed E-state index contributed by atoms with van der Waals surface area (Å²) < 4.78 is 19.2. The SMILES string of the molecule is CCCCCN(Cc1nc2ccccc2n1Cc1c(OC)cccc1OC)C(=O)c1ccc(OCCC)cc1. The van der Waals surface area contributed by atoms with E-state index in [1.807, 2.05) is 65.6 Å². The van der Waals surface area contributed by atoms with Crippen LogP contribution < -0.4 is 14.2 Å². The summed E-state index contributed by atoms with van der Waals surface area (Å²) in [7, 11) is 3.33. The standard InChI is InChI=1S/C32H39N3O4/c1-5-7-10-20-34(32(36)24-16-18-25(19-17-24)39-21-6-2)23-31-33-27-12-8-9-13-28(27)35(31)22-26-29(37-3)14-11-15-30(26)38-4/h8-9,11-19H,5-7,10,20-23H2,1-4H3. The third-order valence-electron chi connectivity index (χ3n) is 6.80. The van der Waals surface area contributed by atoms with E-state index in [1.165, 1.54) is 0 Å². The molecular weight excluding hydrogens is 490 g/mol. The Morgan fingerprint density at radius 3 is 2.26 bits per heavy atom. The molecule has 0 radical (unpaired) electrons. The van der Waals surface area contributed by atoms with Crippen LogP contribution in [0.5, 0.6) is 17.2 Å². The molecule has 0 aliphatic carbocycles. The Morgan fingerprint density at radius 2 is 1.59 bits per heavy atom. The van der Waals surface area contributed by atoms with Crippen molar-refractivity contribution in [3.63, 3.8) is 0 Å². The molecular formula is C32H39N3O4. The predicted molar refractivity (Wildman–Crippen MR) is 155 cm³/mol. The quantitative estimate of drug-likeness (QED) is 0.170. The molecule has 0 bridgehead atoms. The Labute approximate surface area is 231 Å². The van der Waals surface area contributed by atoms with Crippen LogP contribution in [-0.4, -0.2) is 47.7 Å². The lowest BCUT2D eigenvalue weighted by molar-refractivity contribution is 0.0734. The Morgan fingerprint density at radius 1 is 0.872 bits per heavy atom. The molecule has 3 aromatic carbocycles. The van der Waals surface area contributed by atoms with Crippen molar-refractivity contribution in [2.45, 2.75) is 52.6 Å². The fraction of sp³-hybridized carbons (Fsp3) is 0.375. The first-order valence-electron chi connectivity index (χ1n) is 13.8. The predicted octanol–water partition coefficient (Wildman–Crippen LogP) is 6.72. The molecule has 7 nitrogen and oxygen atoms in total. The van der Waals surface area contributed by atoms with Gasteiger partial charge in [-0.1, -0.05) is 44.9 Å². The highest BCUT2D eigenvalue weighted by Gasteiger charge is 2.22. The van der Waals surface area contributed by atoms with E-state index in [4.69, 9.17) is 19.2 Å². The zero-order valence-corrected chi connectivity index (χ0v) is 23.5. The summed E-state index contributed by atoms with van der Waals surface area (Å²) in [6, 6.07) is 21.3. The molecule has 0 atom stereocenters. The van der Waals surface area contributed by atoms with Crippen LogP contribution in [0.1, 0.15) is 61.3 Å². The molecule has 0 saturated heterocycles. The summed E-state index contributed by atoms with van der Waals surface area (Å²) in [5.41, 5.74) is 3.46. The lowest BCUT2D eigenvalue weighted by Crippen LogP contribution is -2.32. The smallest absolute Gasteiger partial charge is 0.254 e. The molecule has 206 valence electrons. The van der Waals surface area contributed by atoms with E-state index in [1.54, 1.807) is 14.2 Å². The molecule has 0 saturated carbocycles. The van der Waals surface area contributed by atoms with Gasteiger partial charge in [0.2, 0.25) is 0 Å². The number of methoxy groups -OCH3 is 2. The normalized spacial score (nSPS) is 11.0. The van der Waals surface area contributed by atoms with Gasteiger partial charge >= 0.3 is 0 Å². The number of unbranched alkanes of at least 4 members (excludes halogenated alkanes) is 2. The molecule has 1 aromatic heterocycles. The summed E-state index contributed by atoms with van der Waals surface area (Å²) in [5.74, 6) is 3.08. The highest BCUT2D eigenvalue weighted by Crippen LogP contribution is 2.31. The molecule has 1 heterocycles. The highest BCUT2D eigenvalue weighted by atomic mass is 16.5. The number of carbonyl (C=O) groups excluding carboxylic acids is 1. The number of benzene rings is 3. The van der Waals surface area contributed by atoms with E-state index in [-0.39, 0.29) is 5.91 Å². The van der Waals surface area contributed by atoms with E-state index >= 15 is 0 Å². The van der Waals surface area contributed by atoms with Crippen molar-refractivity contribution in [3.8, 4) is 17.2 Å². The van der Waals surface area contributed by atoms with Gasteiger partial charge in [0.25, 0.3) is 5.91 Å². The van der Waals surface area contributed by atoms with Crippen LogP contribution in [0.3, 0.4) is 0 Å². The van der Waals surface area contributed by atoms with Crippen molar-refractivity contribution in [3.05, 3.63) is 83.7 Å². The van der Waals surface area contributed by atoms with Gasteiger partial charge < -0.3 is 23.7 Å². The lowest BCUT2D eigenvalue weighted by Gasteiger charge is -2.24. The van der Waals surface area contributed by atoms with Crippen molar-refractivity contribution in [1.29, 1.82) is 0 Å². The Kier molecular flexibility index (Phi) is 9.84. The number of hydrogen-bond acceptors (Lipinski definition) is 5. The largest absolute Gasteiger partial charge is 0.496 e. The van der Waals surface area contributed by atoms with Crippen LogP contribution in [0.4, 0.5) is 0 Å². The first-order valence-corrected chi connectivity index (χ1v) is 13.8. The van der Waals surface area contributed by atoms with Crippen molar-refractivity contribution < 1.29 is 19.0 Å². The average molecular weight is 530 g/mol. The monoisotopic (exact) mass is 529 g/mol. The van der Waals surface area contributed by atoms with Crippen LogP contribution >= 0.6 is 0 Å². The number of carbonyl (C=O) groups is 1. The van der Waals surface area contributed by atoms with E-state index in [0.717, 1.165) is 65.4 Å². The zero-order valence-electron chi connectivity index (χ0n) is 23.5. The Hall–Kier alpha value is -4.00. The Balaban J connectivity index is 1.69. The topological polar surface area (TPSA) is 65.8 Å². The van der Waals surface area contributed by atoms with Crippen LogP contribution in [0.15, 0.2) is 66.7 Å². The van der Waals surface area contributed by atoms with Gasteiger partial charge in [0.1, 0.15) is 23.1 Å². The zero-order chi connectivity index (χ0) is 27.6. The number of hydrogen-bond donors (Lipinski definition) is 0. The number of aromatic nitrogens is 2. The summed E-state index contributed by atoms with van der Waals surface area (Å²) in [4.78, 5) is 20.7. The molecule has 7 heteroatoms. The molecule has 0 aliphatic heterocycles. The van der Waals surface area contributed by atoms with Gasteiger partial charge in [0.05, 0.1) is 50.5 Å². The second kappa shape index (κ2) is 13.7. The number of imidazole rings is 1. The van der Waals surface area contributed by atoms with Gasteiger partial charge in [0, 0.05) is 12.1 Å². The molecule has 0 spiro atoms. The van der Waals surface area contributed by atoms with Crippen molar-refractivity contribution in [1.82, 2.24) is 14.5 Å². The molecule has 4 rings (SSSR count). The van der Waals surface area contributed by atoms with Gasteiger partial charge in [-0.3, -0.25) is 4.79 Å². The lowest BCUT2D eigenvalue weighted by atomic mass is 10.1. The fourth-order valence-electron chi connectivity index (χ4n) is 4.74. The maximum absolute atomic E-state index is 13.8. The van der Waals surface area contributed by atoms with Crippen LogP contribution in [0.2, 0.25) is 0 Å². The molecule has 39 heavy (non-hydrogen) atoms. The summed E-state index contributed by atoms with van der Waals surface area (Å²) in [6.07, 6.45) is 4.01. The maximum Gasteiger partial charge on any atom is 0.254 e. The molecule has 1 amide bonds. The van der Waals surface area contributed by atoms with Crippen molar-refractivity contribution >= 4 is 16.9 Å². The summed E-state index contributed by atoms with van der Waals surface area (Å²) in [6.45, 7) is 6.45. The van der Waals surface area contributed by atoms with Gasteiger partial charge in [-0.15, -0.1) is 0 Å². The third-order valence-corrected chi connectivity index (χ3v) is 6.80. The minimum absolute atomic E-state index is 0.0124. The first-order chi connectivity index (χ1) is 19.1. The first kappa shape index (κ1) is 28.0. The number of nitrogens with zero attached hydrogens (tertiary/aromatic N) is 3. The number of rotatable bonds is 14. The molecule has 0 N–H and O–H groups in total. The van der Waals surface area contributed by atoms with Crippen LogP contribution in [-0.2, 0) is 13.1 Å². The minimum atomic E-state index is -0.0124. The minimum Gasteiger partial charge on any atom is -0.496 e. The van der Waals surface area contributed by atoms with Gasteiger partial charge in [-0.2, -0.15) is 0 Å². The highest BCUT2D eigenvalue weighted by molar-refractivity contribution is 5.94. The van der Waals surface area contributed by atoms with Gasteiger partial charge in [-0.05, 0) is 61.4 Å². The Bertz CT molecular complexity index is 1340. The van der Waals surface area contributed by atoms with Gasteiger partial charge in [0.15, 0.2) is 0 Å². The van der Waals surface area contributed by atoms with Crippen LogP contribution in [0, 0.1) is 0 Å². The van der Waals surface area contributed by atoms with E-state index in [2.05, 4.69) is 24.5 Å². The number of amides is 1. The average Bonchev–Trinajstić information content (AvgIpc) is 3.32. The number of para-hydroxylation sites is 2. The second-order valence-electron chi connectivity index (χ2n) is 9.55. The maximum atomic E-state index is 13.8. The van der Waals surface area contributed by atoms with Gasteiger partial charge in [-0.25, -0.2) is 4.98 Å². The summed E-state index contributed by atoms with van der Waals surface area (Å²) in [5, 5.41) is 0. The summed E-state index contributed by atoms with van der Waals surface area (Å²) >= 11 is 0. The fourth-order valence-corrected chi connectivity index (χ4v) is 4.74. The van der Waals surface area contributed by atoms with E-state index < -0.39 is 0 Å². The number of fused-ring (bicyclic) bond motifs is 1. The molecule has 0 aliphatic rings. The van der Waals surface area contributed by atoms with Crippen molar-refractivity contribution in [2.24, 2.45) is 0 Å². The van der Waals surface area contributed by atoms with E-state index in [9.17, 15) is 4.79 Å². The van der Waals surface area contributed by atoms with E-state index in [0.29, 0.717) is 31.8 Å². The molecule has 0 unspecified atom stereocenters. The number of ether oxygens (including phenoxy) is 3. The molecule has 0 fully saturated rings. The van der Waals surface area contributed by atoms with Crippen molar-refractivity contribution in [2.75, 3.05) is 27.4 Å².